The average Bonchev–Trinajstić information content (AvgIpc) is 3.52. The zero-order valence-electron chi connectivity index (χ0n) is 23.2. The minimum atomic E-state index is -0.499. The first-order chi connectivity index (χ1) is 20.3. The molecule has 0 N–H and O–H groups in total. The van der Waals surface area contributed by atoms with E-state index >= 15 is 0 Å². The van der Waals surface area contributed by atoms with E-state index in [-0.39, 0.29) is 0 Å². The van der Waals surface area contributed by atoms with Crippen LogP contribution in [0.3, 0.4) is 0 Å². The van der Waals surface area contributed by atoms with Gasteiger partial charge in [0.2, 0.25) is 0 Å². The third-order valence-corrected chi connectivity index (χ3v) is 7.67. The fourth-order valence-electron chi connectivity index (χ4n) is 5.75. The van der Waals surface area contributed by atoms with Crippen LogP contribution in [0.25, 0.3) is 33.4 Å². The second-order valence-corrected chi connectivity index (χ2v) is 9.76. The quantitative estimate of drug-likeness (QED) is 0.197. The molecule has 0 aliphatic heterocycles. The highest BCUT2D eigenvalue weighted by molar-refractivity contribution is 6.20. The summed E-state index contributed by atoms with van der Waals surface area (Å²) in [5.41, 5.74) is 9.15. The maximum atomic E-state index is 12.6. The zero-order valence-corrected chi connectivity index (χ0v) is 23.2. The van der Waals surface area contributed by atoms with Crippen LogP contribution in [0, 0.1) is 0 Å². The van der Waals surface area contributed by atoms with Crippen molar-refractivity contribution in [2.45, 2.75) is 0 Å². The second kappa shape index (κ2) is 10.2. The second-order valence-electron chi connectivity index (χ2n) is 9.76. The highest BCUT2D eigenvalue weighted by Gasteiger charge is 2.34. The van der Waals surface area contributed by atoms with Crippen LogP contribution in [-0.2, 0) is 18.9 Å². The molecule has 0 radical (unpaired) electrons. The minimum absolute atomic E-state index is 0.348. The predicted octanol–water partition coefficient (Wildman–Crippen LogP) is 5.80. The third kappa shape index (κ3) is 3.99. The van der Waals surface area contributed by atoms with E-state index in [1.54, 1.807) is 48.5 Å². The van der Waals surface area contributed by atoms with Crippen LogP contribution in [0.2, 0.25) is 0 Å². The van der Waals surface area contributed by atoms with Crippen molar-refractivity contribution in [3.63, 3.8) is 0 Å². The van der Waals surface area contributed by atoms with Crippen LogP contribution in [-0.4, -0.2) is 52.3 Å². The Morgan fingerprint density at radius 1 is 0.357 bits per heavy atom. The summed E-state index contributed by atoms with van der Waals surface area (Å²) in [6.07, 6.45) is 0. The lowest BCUT2D eigenvalue weighted by atomic mass is 9.89. The van der Waals surface area contributed by atoms with Crippen LogP contribution < -0.4 is 0 Å². The summed E-state index contributed by atoms with van der Waals surface area (Å²) in [7, 11) is 5.27. The molecule has 0 amide bonds. The van der Waals surface area contributed by atoms with Crippen LogP contribution in [0.5, 0.6) is 0 Å². The number of rotatable bonds is 4. The normalized spacial score (nSPS) is 12.1. The summed E-state index contributed by atoms with van der Waals surface area (Å²) in [5.74, 6) is -1.99. The van der Waals surface area contributed by atoms with Crippen molar-refractivity contribution in [1.29, 1.82) is 0 Å². The van der Waals surface area contributed by atoms with Crippen molar-refractivity contribution >= 4 is 35.0 Å². The summed E-state index contributed by atoms with van der Waals surface area (Å²) >= 11 is 0. The number of carbonyl (C=O) groups excluding carboxylic acids is 4. The molecule has 8 nitrogen and oxygen atoms in total. The molecular weight excluding hydrogens is 536 g/mol. The first-order valence-corrected chi connectivity index (χ1v) is 13.0. The van der Waals surface area contributed by atoms with Gasteiger partial charge in [0.05, 0.1) is 50.7 Å². The lowest BCUT2D eigenvalue weighted by molar-refractivity contribution is 0.0592. The maximum Gasteiger partial charge on any atom is 0.337 e. The molecule has 8 heteroatoms. The van der Waals surface area contributed by atoms with Gasteiger partial charge in [-0.05, 0) is 104 Å². The van der Waals surface area contributed by atoms with Crippen LogP contribution >= 0.6 is 0 Å². The van der Waals surface area contributed by atoms with Gasteiger partial charge in [0, 0.05) is 0 Å². The Kier molecular flexibility index (Phi) is 6.46. The number of methoxy groups -OCH3 is 4. The molecule has 0 bridgehead atoms. The molecule has 0 unspecified atom stereocenters. The first kappa shape index (κ1) is 26.7. The van der Waals surface area contributed by atoms with Crippen LogP contribution in [0.15, 0.2) is 72.8 Å². The lowest BCUT2D eigenvalue weighted by Gasteiger charge is -2.14. The number of carbonyl (C=O) groups is 4. The van der Waals surface area contributed by atoms with Crippen molar-refractivity contribution in [3.05, 3.63) is 117 Å². The maximum absolute atomic E-state index is 12.6. The Bertz CT molecular complexity index is 1620. The topological polar surface area (TPSA) is 105 Å². The Morgan fingerprint density at radius 2 is 0.571 bits per heavy atom. The standard InChI is InChI=1S/C34H24O8/c1-39-31(35)17-5-9-21-22-10-6-18(32(36)40-2)14-26(22)29(25(21)13-17)30-27-15-19(33(37)41-3)7-11-23(27)24-12-8-20(16-28(24)30)34(38)42-4/h5-16H,1-4H3. The molecule has 0 saturated carbocycles. The lowest BCUT2D eigenvalue weighted by Crippen LogP contribution is -2.04. The molecule has 2 aliphatic carbocycles. The zero-order chi connectivity index (χ0) is 29.7. The third-order valence-electron chi connectivity index (χ3n) is 7.67. The van der Waals surface area contributed by atoms with Gasteiger partial charge in [-0.15, -0.1) is 0 Å². The van der Waals surface area contributed by atoms with Gasteiger partial charge in [-0.3, -0.25) is 0 Å². The smallest absolute Gasteiger partial charge is 0.337 e. The molecule has 208 valence electrons. The van der Waals surface area contributed by atoms with E-state index in [1.165, 1.54) is 28.4 Å². The number of fused-ring (bicyclic) bond motifs is 6. The number of benzene rings is 4. The van der Waals surface area contributed by atoms with Crippen molar-refractivity contribution in [2.24, 2.45) is 0 Å². The van der Waals surface area contributed by atoms with Gasteiger partial charge in [-0.1, -0.05) is 24.3 Å². The van der Waals surface area contributed by atoms with E-state index in [2.05, 4.69) is 0 Å². The highest BCUT2D eigenvalue weighted by Crippen LogP contribution is 2.54. The van der Waals surface area contributed by atoms with Gasteiger partial charge in [0.25, 0.3) is 0 Å². The van der Waals surface area contributed by atoms with Crippen molar-refractivity contribution in [3.8, 4) is 22.3 Å². The van der Waals surface area contributed by atoms with Crippen molar-refractivity contribution in [2.75, 3.05) is 28.4 Å². The molecule has 0 heterocycles. The van der Waals surface area contributed by atoms with Crippen molar-refractivity contribution < 1.29 is 38.1 Å². The summed E-state index contributed by atoms with van der Waals surface area (Å²) in [6, 6.07) is 21.2. The van der Waals surface area contributed by atoms with Gasteiger partial charge in [-0.25, -0.2) is 19.2 Å². The highest BCUT2D eigenvalue weighted by atomic mass is 16.5. The molecule has 4 aromatic rings. The SMILES string of the molecule is COC(=O)c1ccc2c(c1)C(=C1c3cc(C(=O)OC)ccc3-c3ccc(C(=O)OC)cc31)c1cc(C(=O)OC)ccc1-2. The summed E-state index contributed by atoms with van der Waals surface area (Å²) in [5, 5.41) is 0. The van der Waals surface area contributed by atoms with E-state index < -0.39 is 23.9 Å². The first-order valence-electron chi connectivity index (χ1n) is 13.0. The van der Waals surface area contributed by atoms with E-state index in [4.69, 9.17) is 18.9 Å². The molecular formula is C34H24O8. The Balaban J connectivity index is 1.76. The Labute approximate surface area is 241 Å². The molecule has 4 aromatic carbocycles. The van der Waals surface area contributed by atoms with Crippen LogP contribution in [0.1, 0.15) is 63.7 Å². The largest absolute Gasteiger partial charge is 0.465 e. The molecule has 0 fully saturated rings. The molecule has 2 aliphatic rings. The monoisotopic (exact) mass is 560 g/mol. The number of hydrogen-bond acceptors (Lipinski definition) is 8. The molecule has 0 atom stereocenters. The van der Waals surface area contributed by atoms with Crippen molar-refractivity contribution in [1.82, 2.24) is 0 Å². The van der Waals surface area contributed by atoms with Gasteiger partial charge in [-0.2, -0.15) is 0 Å². The Hall–Kier alpha value is -5.50. The van der Waals surface area contributed by atoms with Crippen LogP contribution in [0.4, 0.5) is 0 Å². The summed E-state index contributed by atoms with van der Waals surface area (Å²) in [6.45, 7) is 0. The fourth-order valence-corrected chi connectivity index (χ4v) is 5.75. The molecule has 0 saturated heterocycles. The van der Waals surface area contributed by atoms with Gasteiger partial charge >= 0.3 is 23.9 Å². The summed E-state index contributed by atoms with van der Waals surface area (Å²) < 4.78 is 20.0. The summed E-state index contributed by atoms with van der Waals surface area (Å²) in [4.78, 5) is 50.4. The Morgan fingerprint density at radius 3 is 0.762 bits per heavy atom. The van der Waals surface area contributed by atoms with E-state index in [0.29, 0.717) is 22.3 Å². The molecule has 0 aromatic heterocycles. The molecule has 42 heavy (non-hydrogen) atoms. The molecule has 0 spiro atoms. The van der Waals surface area contributed by atoms with E-state index in [0.717, 1.165) is 55.7 Å². The predicted molar refractivity (Wildman–Crippen MR) is 154 cm³/mol. The number of hydrogen-bond donors (Lipinski definition) is 0. The minimum Gasteiger partial charge on any atom is -0.465 e. The van der Waals surface area contributed by atoms with Gasteiger partial charge in [0.15, 0.2) is 0 Å². The average molecular weight is 561 g/mol. The molecule has 6 rings (SSSR count). The van der Waals surface area contributed by atoms with Gasteiger partial charge < -0.3 is 18.9 Å². The fraction of sp³-hybridized carbons (Fsp3) is 0.118. The van der Waals surface area contributed by atoms with Gasteiger partial charge in [0.1, 0.15) is 0 Å². The number of ether oxygens (including phenoxy) is 4. The number of esters is 4. The van der Waals surface area contributed by atoms with E-state index in [9.17, 15) is 19.2 Å². The van der Waals surface area contributed by atoms with E-state index in [1.807, 2.05) is 24.3 Å².